The molecule has 0 radical (unpaired) electrons. The van der Waals surface area contributed by atoms with Crippen molar-refractivity contribution < 1.29 is 4.42 Å². The molecule has 0 aliphatic rings. The number of rotatable bonds is 1. The Morgan fingerprint density at radius 1 is 1.38 bits per heavy atom. The highest BCUT2D eigenvalue weighted by atomic mass is 79.9. The second-order valence-corrected chi connectivity index (χ2v) is 4.16. The number of benzene rings is 1. The van der Waals surface area contributed by atoms with Crippen LogP contribution in [0.15, 0.2) is 27.1 Å². The molecule has 0 atom stereocenters. The van der Waals surface area contributed by atoms with Crippen molar-refractivity contribution in [1.82, 2.24) is 0 Å². The molecule has 13 heavy (non-hydrogen) atoms. The van der Waals surface area contributed by atoms with Crippen LogP contribution in [0, 0.1) is 0 Å². The molecule has 3 heteroatoms. The fraction of sp³-hybridized carbons (Fsp3) is 0.200. The molecule has 2 rings (SSSR count). The quantitative estimate of drug-likeness (QED) is 0.739. The zero-order valence-corrected chi connectivity index (χ0v) is 9.45. The monoisotopic (exact) mass is 258 g/mol. The minimum Gasteiger partial charge on any atom is -0.461 e. The summed E-state index contributed by atoms with van der Waals surface area (Å²) in [5.74, 6) is 0.984. The maximum absolute atomic E-state index is 5.89. The van der Waals surface area contributed by atoms with Gasteiger partial charge in [0.05, 0.1) is 0 Å². The lowest BCUT2D eigenvalue weighted by molar-refractivity contribution is 0.557. The highest BCUT2D eigenvalue weighted by Gasteiger charge is 2.06. The summed E-state index contributed by atoms with van der Waals surface area (Å²) in [6.45, 7) is 2.06. The zero-order valence-electron chi connectivity index (χ0n) is 7.10. The van der Waals surface area contributed by atoms with E-state index in [9.17, 15) is 0 Å². The predicted octanol–water partition coefficient (Wildman–Crippen LogP) is 4.41. The van der Waals surface area contributed by atoms with E-state index in [0.717, 1.165) is 27.6 Å². The Bertz CT molecular complexity index is 447. The van der Waals surface area contributed by atoms with E-state index in [1.54, 1.807) is 0 Å². The molecule has 0 saturated carbocycles. The molecule has 0 aliphatic carbocycles. The van der Waals surface area contributed by atoms with E-state index < -0.39 is 0 Å². The third-order valence-corrected chi connectivity index (χ3v) is 2.83. The van der Waals surface area contributed by atoms with Crippen LogP contribution in [0.2, 0.25) is 5.02 Å². The lowest BCUT2D eigenvalue weighted by Gasteiger charge is -1.93. The van der Waals surface area contributed by atoms with Gasteiger partial charge in [-0.2, -0.15) is 0 Å². The third kappa shape index (κ3) is 1.61. The summed E-state index contributed by atoms with van der Waals surface area (Å²) in [5, 5.41) is 1.78. The first kappa shape index (κ1) is 9.10. The van der Waals surface area contributed by atoms with Crippen LogP contribution in [-0.4, -0.2) is 0 Å². The molecule has 0 spiro atoms. The molecular weight excluding hydrogens is 251 g/mol. The molecule has 2 aromatic rings. The minimum atomic E-state index is 0.691. The normalized spacial score (nSPS) is 11.0. The van der Waals surface area contributed by atoms with Crippen molar-refractivity contribution in [3.05, 3.63) is 33.5 Å². The van der Waals surface area contributed by atoms with Crippen LogP contribution in [0.1, 0.15) is 12.7 Å². The van der Waals surface area contributed by atoms with Gasteiger partial charge in [-0.1, -0.05) is 18.5 Å². The van der Waals surface area contributed by atoms with Crippen LogP contribution in [0.3, 0.4) is 0 Å². The molecule has 0 fully saturated rings. The second-order valence-electron chi connectivity index (χ2n) is 2.87. The summed E-state index contributed by atoms with van der Waals surface area (Å²) in [6, 6.07) is 5.75. The Hall–Kier alpha value is -0.470. The van der Waals surface area contributed by atoms with Gasteiger partial charge in [-0.15, -0.1) is 0 Å². The van der Waals surface area contributed by atoms with Crippen molar-refractivity contribution in [3.63, 3.8) is 0 Å². The predicted molar refractivity (Wildman–Crippen MR) is 58.3 cm³/mol. The number of hydrogen-bond donors (Lipinski definition) is 0. The van der Waals surface area contributed by atoms with Crippen molar-refractivity contribution in [2.24, 2.45) is 0 Å². The zero-order chi connectivity index (χ0) is 9.42. The van der Waals surface area contributed by atoms with Gasteiger partial charge in [0, 0.05) is 27.4 Å². The van der Waals surface area contributed by atoms with Gasteiger partial charge in [0.1, 0.15) is 11.3 Å². The fourth-order valence-corrected chi connectivity index (χ4v) is 2.19. The highest BCUT2D eigenvalue weighted by Crippen LogP contribution is 2.30. The molecule has 0 N–H and O–H groups in total. The van der Waals surface area contributed by atoms with E-state index in [0.29, 0.717) is 5.02 Å². The standard InChI is InChI=1S/C10H8BrClO/c1-2-7-5-8-9(11)3-6(12)4-10(8)13-7/h3-5H,2H2,1H3. The Morgan fingerprint density at radius 3 is 2.85 bits per heavy atom. The van der Waals surface area contributed by atoms with Gasteiger partial charge in [0.2, 0.25) is 0 Å². The number of furan rings is 1. The summed E-state index contributed by atoms with van der Waals surface area (Å²) in [7, 11) is 0. The van der Waals surface area contributed by atoms with Crippen LogP contribution in [0.4, 0.5) is 0 Å². The molecule has 1 aromatic heterocycles. The summed E-state index contributed by atoms with van der Waals surface area (Å²) < 4.78 is 6.55. The largest absolute Gasteiger partial charge is 0.461 e. The molecule has 68 valence electrons. The Balaban J connectivity index is 2.75. The average molecular weight is 260 g/mol. The molecule has 0 aliphatic heterocycles. The Morgan fingerprint density at radius 2 is 2.15 bits per heavy atom. The SMILES string of the molecule is CCc1cc2c(Br)cc(Cl)cc2o1. The summed E-state index contributed by atoms with van der Waals surface area (Å²) >= 11 is 9.33. The van der Waals surface area contributed by atoms with E-state index in [-0.39, 0.29) is 0 Å². The fourth-order valence-electron chi connectivity index (χ4n) is 1.29. The van der Waals surface area contributed by atoms with Gasteiger partial charge in [0.25, 0.3) is 0 Å². The second kappa shape index (κ2) is 3.35. The van der Waals surface area contributed by atoms with Gasteiger partial charge in [-0.25, -0.2) is 0 Å². The van der Waals surface area contributed by atoms with E-state index in [1.165, 1.54) is 0 Å². The molecular formula is C10H8BrClO. The third-order valence-electron chi connectivity index (χ3n) is 1.95. The molecule has 1 nitrogen and oxygen atoms in total. The van der Waals surface area contributed by atoms with Crippen molar-refractivity contribution in [2.75, 3.05) is 0 Å². The van der Waals surface area contributed by atoms with E-state index in [2.05, 4.69) is 22.9 Å². The lowest BCUT2D eigenvalue weighted by atomic mass is 10.2. The van der Waals surface area contributed by atoms with Crippen molar-refractivity contribution in [1.29, 1.82) is 0 Å². The first-order valence-corrected chi connectivity index (χ1v) is 5.25. The van der Waals surface area contributed by atoms with Gasteiger partial charge in [-0.3, -0.25) is 0 Å². The van der Waals surface area contributed by atoms with Crippen LogP contribution in [-0.2, 0) is 6.42 Å². The van der Waals surface area contributed by atoms with E-state index in [1.807, 2.05) is 18.2 Å². The molecule has 0 bridgehead atoms. The molecule has 0 unspecified atom stereocenters. The first-order chi connectivity index (χ1) is 6.20. The maximum Gasteiger partial charge on any atom is 0.136 e. The number of halogens is 2. The summed E-state index contributed by atoms with van der Waals surface area (Å²) in [5.41, 5.74) is 0.844. The smallest absolute Gasteiger partial charge is 0.136 e. The van der Waals surface area contributed by atoms with Gasteiger partial charge in [0.15, 0.2) is 0 Å². The van der Waals surface area contributed by atoms with Gasteiger partial charge < -0.3 is 4.42 Å². The first-order valence-electron chi connectivity index (χ1n) is 4.08. The molecule has 1 heterocycles. The summed E-state index contributed by atoms with van der Waals surface area (Å²) in [4.78, 5) is 0. The average Bonchev–Trinajstić information content (AvgIpc) is 2.47. The van der Waals surface area contributed by atoms with Crippen molar-refractivity contribution in [3.8, 4) is 0 Å². The summed E-state index contributed by atoms with van der Waals surface area (Å²) in [6.07, 6.45) is 0.902. The number of hydrogen-bond acceptors (Lipinski definition) is 1. The van der Waals surface area contributed by atoms with E-state index >= 15 is 0 Å². The van der Waals surface area contributed by atoms with Gasteiger partial charge >= 0.3 is 0 Å². The van der Waals surface area contributed by atoms with Crippen LogP contribution < -0.4 is 0 Å². The van der Waals surface area contributed by atoms with Crippen molar-refractivity contribution in [2.45, 2.75) is 13.3 Å². The van der Waals surface area contributed by atoms with Crippen molar-refractivity contribution >= 4 is 38.5 Å². The molecule has 1 aromatic carbocycles. The number of aryl methyl sites for hydroxylation is 1. The van der Waals surface area contributed by atoms with Crippen LogP contribution in [0.25, 0.3) is 11.0 Å². The van der Waals surface area contributed by atoms with Crippen LogP contribution in [0.5, 0.6) is 0 Å². The number of fused-ring (bicyclic) bond motifs is 1. The highest BCUT2D eigenvalue weighted by molar-refractivity contribution is 9.10. The lowest BCUT2D eigenvalue weighted by Crippen LogP contribution is -1.68. The van der Waals surface area contributed by atoms with E-state index in [4.69, 9.17) is 16.0 Å². The Labute approximate surface area is 89.8 Å². The maximum atomic E-state index is 5.89. The molecule has 0 amide bonds. The van der Waals surface area contributed by atoms with Crippen LogP contribution >= 0.6 is 27.5 Å². The van der Waals surface area contributed by atoms with Gasteiger partial charge in [-0.05, 0) is 28.1 Å². The molecule has 0 saturated heterocycles. The topological polar surface area (TPSA) is 13.1 Å². The minimum absolute atomic E-state index is 0.691. The Kier molecular flexibility index (Phi) is 2.35.